The molecule has 0 aliphatic heterocycles. The molecule has 0 bridgehead atoms. The normalized spacial score (nSPS) is 10.3. The summed E-state index contributed by atoms with van der Waals surface area (Å²) in [6.45, 7) is 0. The fraction of sp³-hybridized carbons (Fsp3) is 0.100. The highest BCUT2D eigenvalue weighted by Gasteiger charge is 2.13. The van der Waals surface area contributed by atoms with Crippen LogP contribution < -0.4 is 0 Å². The molecule has 0 aromatic carbocycles. The summed E-state index contributed by atoms with van der Waals surface area (Å²) < 4.78 is 1.43. The van der Waals surface area contributed by atoms with Crippen LogP contribution in [0, 0.1) is 0 Å². The van der Waals surface area contributed by atoms with E-state index in [0.29, 0.717) is 11.4 Å². The Bertz CT molecular complexity index is 531. The molecule has 0 unspecified atom stereocenters. The van der Waals surface area contributed by atoms with Crippen LogP contribution in [0.4, 0.5) is 0 Å². The molecule has 0 radical (unpaired) electrons. The first kappa shape index (κ1) is 10.2. The van der Waals surface area contributed by atoms with E-state index in [-0.39, 0.29) is 11.4 Å². The minimum absolute atomic E-state index is 0.0348. The van der Waals surface area contributed by atoms with Gasteiger partial charge in [0.15, 0.2) is 5.69 Å². The van der Waals surface area contributed by atoms with Gasteiger partial charge in [0.05, 0.1) is 17.6 Å². The number of carboxylic acids is 1. The first-order valence-electron chi connectivity index (χ1n) is 4.50. The van der Waals surface area contributed by atoms with Gasteiger partial charge in [-0.2, -0.15) is 5.10 Å². The van der Waals surface area contributed by atoms with Crippen molar-refractivity contribution < 1.29 is 15.0 Å². The van der Waals surface area contributed by atoms with Gasteiger partial charge in [-0.05, 0) is 12.1 Å². The van der Waals surface area contributed by atoms with Gasteiger partial charge in [-0.15, -0.1) is 0 Å². The Kier molecular flexibility index (Phi) is 2.32. The van der Waals surface area contributed by atoms with Crippen LogP contribution in [0.1, 0.15) is 10.5 Å². The third-order valence-corrected chi connectivity index (χ3v) is 2.11. The number of aromatic carboxylic acids is 1. The number of carboxylic acid groups (broad SMARTS) is 1. The summed E-state index contributed by atoms with van der Waals surface area (Å²) in [5.74, 6) is -1.02. The quantitative estimate of drug-likeness (QED) is 0.782. The minimum Gasteiger partial charge on any atom is -0.506 e. The highest BCUT2D eigenvalue weighted by molar-refractivity contribution is 5.86. The molecule has 6 nitrogen and oxygen atoms in total. The zero-order valence-corrected chi connectivity index (χ0v) is 8.45. The molecule has 2 heterocycles. The molecule has 16 heavy (non-hydrogen) atoms. The van der Waals surface area contributed by atoms with Crippen molar-refractivity contribution >= 4 is 5.97 Å². The largest absolute Gasteiger partial charge is 0.506 e. The number of hydrogen-bond acceptors (Lipinski definition) is 4. The zero-order chi connectivity index (χ0) is 11.7. The smallest absolute Gasteiger partial charge is 0.356 e. The number of rotatable bonds is 2. The van der Waals surface area contributed by atoms with Gasteiger partial charge in [-0.3, -0.25) is 9.67 Å². The molecule has 2 aromatic heterocycles. The minimum atomic E-state index is -1.08. The molecular weight excluding hydrogens is 210 g/mol. The van der Waals surface area contributed by atoms with Gasteiger partial charge in [0.2, 0.25) is 0 Å². The molecule has 0 saturated heterocycles. The van der Waals surface area contributed by atoms with Gasteiger partial charge in [0, 0.05) is 13.1 Å². The van der Waals surface area contributed by atoms with Gasteiger partial charge in [0.25, 0.3) is 0 Å². The van der Waals surface area contributed by atoms with Crippen molar-refractivity contribution in [2.45, 2.75) is 0 Å². The molecule has 0 saturated carbocycles. The van der Waals surface area contributed by atoms with Gasteiger partial charge < -0.3 is 10.2 Å². The lowest BCUT2D eigenvalue weighted by Gasteiger charge is -1.99. The van der Waals surface area contributed by atoms with E-state index < -0.39 is 5.97 Å². The summed E-state index contributed by atoms with van der Waals surface area (Å²) in [4.78, 5) is 14.7. The molecule has 0 aliphatic rings. The third-order valence-electron chi connectivity index (χ3n) is 2.11. The number of aromatic nitrogens is 3. The topological polar surface area (TPSA) is 88.2 Å². The molecular formula is C10H9N3O3. The predicted octanol–water partition coefficient (Wildman–Crippen LogP) is 0.886. The van der Waals surface area contributed by atoms with E-state index in [1.807, 2.05) is 0 Å². The predicted molar refractivity (Wildman–Crippen MR) is 55.1 cm³/mol. The van der Waals surface area contributed by atoms with Crippen LogP contribution >= 0.6 is 0 Å². The number of hydrogen-bond donors (Lipinski definition) is 2. The van der Waals surface area contributed by atoms with Gasteiger partial charge in [-0.25, -0.2) is 4.79 Å². The lowest BCUT2D eigenvalue weighted by molar-refractivity contribution is 0.0689. The summed E-state index contributed by atoms with van der Waals surface area (Å²) >= 11 is 0. The number of nitrogens with zero attached hydrogens (tertiary/aromatic N) is 3. The second-order valence-electron chi connectivity index (χ2n) is 3.25. The molecule has 2 aromatic rings. The summed E-state index contributed by atoms with van der Waals surface area (Å²) in [5, 5.41) is 21.7. The second kappa shape index (κ2) is 3.65. The van der Waals surface area contributed by atoms with Crippen LogP contribution in [0.2, 0.25) is 0 Å². The molecule has 6 heteroatoms. The maximum atomic E-state index is 10.7. The second-order valence-corrected chi connectivity index (χ2v) is 3.25. The molecule has 0 amide bonds. The molecule has 2 N–H and O–H groups in total. The van der Waals surface area contributed by atoms with E-state index in [9.17, 15) is 4.79 Å². The fourth-order valence-electron chi connectivity index (χ4n) is 1.35. The highest BCUT2D eigenvalue weighted by Crippen LogP contribution is 2.19. The number of pyridine rings is 1. The van der Waals surface area contributed by atoms with Crippen molar-refractivity contribution in [3.63, 3.8) is 0 Å². The first-order chi connectivity index (χ1) is 7.58. The molecule has 0 spiro atoms. The molecule has 0 atom stereocenters. The summed E-state index contributed by atoms with van der Waals surface area (Å²) in [5.41, 5.74) is 1.10. The lowest BCUT2D eigenvalue weighted by Crippen LogP contribution is -1.99. The van der Waals surface area contributed by atoms with Crippen molar-refractivity contribution in [2.75, 3.05) is 0 Å². The Hall–Kier alpha value is -2.37. The van der Waals surface area contributed by atoms with Crippen molar-refractivity contribution in [1.29, 1.82) is 0 Å². The Labute approximate surface area is 90.8 Å². The van der Waals surface area contributed by atoms with Crippen molar-refractivity contribution in [3.8, 4) is 17.1 Å². The molecule has 82 valence electrons. The summed E-state index contributed by atoms with van der Waals surface area (Å²) in [6.07, 6.45) is 1.29. The monoisotopic (exact) mass is 219 g/mol. The van der Waals surface area contributed by atoms with Crippen LogP contribution in [0.25, 0.3) is 11.4 Å². The van der Waals surface area contributed by atoms with E-state index in [0.717, 1.165) is 0 Å². The number of aromatic hydroxyl groups is 1. The maximum Gasteiger partial charge on any atom is 0.356 e. The Morgan fingerprint density at radius 2 is 2.19 bits per heavy atom. The Balaban J connectivity index is 2.47. The van der Waals surface area contributed by atoms with Crippen LogP contribution in [-0.2, 0) is 7.05 Å². The Morgan fingerprint density at radius 3 is 2.69 bits per heavy atom. The van der Waals surface area contributed by atoms with E-state index in [2.05, 4.69) is 10.1 Å². The van der Waals surface area contributed by atoms with Crippen LogP contribution in [0.3, 0.4) is 0 Å². The maximum absolute atomic E-state index is 10.7. The first-order valence-corrected chi connectivity index (χ1v) is 4.50. The van der Waals surface area contributed by atoms with Gasteiger partial charge >= 0.3 is 5.97 Å². The molecule has 2 rings (SSSR count). The number of carbonyl (C=O) groups is 1. The highest BCUT2D eigenvalue weighted by atomic mass is 16.4. The average molecular weight is 219 g/mol. The third kappa shape index (κ3) is 1.72. The van der Waals surface area contributed by atoms with Crippen LogP contribution in [0.15, 0.2) is 24.4 Å². The number of aryl methyl sites for hydroxylation is 1. The lowest BCUT2D eigenvalue weighted by atomic mass is 10.2. The van der Waals surface area contributed by atoms with Gasteiger partial charge in [-0.1, -0.05) is 0 Å². The van der Waals surface area contributed by atoms with Crippen molar-refractivity contribution in [1.82, 2.24) is 14.8 Å². The van der Waals surface area contributed by atoms with Crippen LogP contribution in [0.5, 0.6) is 5.75 Å². The SMILES string of the molecule is Cn1nc(C(=O)O)cc1-c1ccc(O)cn1. The van der Waals surface area contributed by atoms with E-state index in [1.54, 1.807) is 13.1 Å². The van der Waals surface area contributed by atoms with Crippen molar-refractivity contribution in [2.24, 2.45) is 7.05 Å². The van der Waals surface area contributed by atoms with Crippen LogP contribution in [-0.4, -0.2) is 30.9 Å². The van der Waals surface area contributed by atoms with E-state index >= 15 is 0 Å². The molecule has 0 fully saturated rings. The van der Waals surface area contributed by atoms with E-state index in [1.165, 1.54) is 23.0 Å². The summed E-state index contributed by atoms with van der Waals surface area (Å²) in [7, 11) is 1.64. The van der Waals surface area contributed by atoms with E-state index in [4.69, 9.17) is 10.2 Å². The summed E-state index contributed by atoms with van der Waals surface area (Å²) in [6, 6.07) is 4.51. The average Bonchev–Trinajstić information content (AvgIpc) is 2.62. The zero-order valence-electron chi connectivity index (χ0n) is 8.45. The molecule has 0 aliphatic carbocycles. The Morgan fingerprint density at radius 1 is 1.44 bits per heavy atom. The standard InChI is InChI=1S/C10H9N3O3/c1-13-9(4-8(12-13)10(15)16)7-3-2-6(14)5-11-7/h2-5,14H,1H3,(H,15,16). The fourth-order valence-corrected chi connectivity index (χ4v) is 1.35. The van der Waals surface area contributed by atoms with Crippen molar-refractivity contribution in [3.05, 3.63) is 30.1 Å². The van der Waals surface area contributed by atoms with Gasteiger partial charge in [0.1, 0.15) is 5.75 Å².